The molecule has 1 unspecified atom stereocenters. The van der Waals surface area contributed by atoms with Crippen LogP contribution in [0.5, 0.6) is 0 Å². The van der Waals surface area contributed by atoms with Crippen LogP contribution in [0.25, 0.3) is 0 Å². The number of amides is 2. The Kier molecular flexibility index (Phi) is 5.30. The third kappa shape index (κ3) is 3.90. The lowest BCUT2D eigenvalue weighted by Gasteiger charge is -2.23. The molecule has 0 aliphatic carbocycles. The van der Waals surface area contributed by atoms with E-state index in [2.05, 4.69) is 5.32 Å². The van der Waals surface area contributed by atoms with Gasteiger partial charge >= 0.3 is 0 Å². The van der Waals surface area contributed by atoms with E-state index in [1.807, 2.05) is 0 Å². The van der Waals surface area contributed by atoms with Crippen molar-refractivity contribution in [2.45, 2.75) is 25.3 Å². The monoisotopic (exact) mass is 291 g/mol. The number of carbonyl (C=O) groups is 2. The summed E-state index contributed by atoms with van der Waals surface area (Å²) >= 11 is 0. The lowest BCUT2D eigenvalue weighted by Crippen LogP contribution is -2.45. The normalized spacial score (nSPS) is 19.8. The quantitative estimate of drug-likeness (QED) is 0.704. The Hall–Kier alpha value is -1.15. The molecule has 19 heavy (non-hydrogen) atoms. The van der Waals surface area contributed by atoms with Crippen LogP contribution < -0.4 is 5.32 Å². The van der Waals surface area contributed by atoms with Crippen molar-refractivity contribution in [2.24, 2.45) is 0 Å². The first kappa shape index (κ1) is 15.9. The maximum absolute atomic E-state index is 12.0. The first-order chi connectivity index (χ1) is 8.79. The van der Waals surface area contributed by atoms with Gasteiger partial charge in [0.2, 0.25) is 21.8 Å². The predicted octanol–water partition coefficient (Wildman–Crippen LogP) is -0.995. The molecular weight excluding hydrogens is 270 g/mol. The Morgan fingerprint density at radius 1 is 1.37 bits per heavy atom. The summed E-state index contributed by atoms with van der Waals surface area (Å²) in [6, 6.07) is -0.459. The van der Waals surface area contributed by atoms with Gasteiger partial charge in [0.1, 0.15) is 6.04 Å². The van der Waals surface area contributed by atoms with Gasteiger partial charge in [0, 0.05) is 34.1 Å². The van der Waals surface area contributed by atoms with Crippen molar-refractivity contribution in [1.82, 2.24) is 14.5 Å². The Balaban J connectivity index is 2.61. The Bertz CT molecular complexity index is 447. The number of hydrogen-bond acceptors (Lipinski definition) is 4. The number of sulfonamides is 1. The minimum atomic E-state index is -3.38. The summed E-state index contributed by atoms with van der Waals surface area (Å²) in [4.78, 5) is 25.1. The molecular formula is C11H21N3O4S. The Morgan fingerprint density at radius 2 is 2.00 bits per heavy atom. The van der Waals surface area contributed by atoms with Crippen LogP contribution in [-0.4, -0.2) is 68.9 Å². The molecule has 0 saturated carbocycles. The largest absolute Gasteiger partial charge is 0.357 e. The summed E-state index contributed by atoms with van der Waals surface area (Å²) in [7, 11) is 1.01. The molecule has 1 aliphatic rings. The van der Waals surface area contributed by atoms with Crippen LogP contribution in [0.1, 0.15) is 19.3 Å². The van der Waals surface area contributed by atoms with Gasteiger partial charge in [-0.1, -0.05) is 0 Å². The molecule has 1 aliphatic heterocycles. The van der Waals surface area contributed by atoms with E-state index in [-0.39, 0.29) is 24.0 Å². The lowest BCUT2D eigenvalue weighted by molar-refractivity contribution is -0.137. The van der Waals surface area contributed by atoms with Gasteiger partial charge in [-0.3, -0.25) is 9.59 Å². The van der Waals surface area contributed by atoms with Crippen molar-refractivity contribution in [2.75, 3.05) is 33.4 Å². The Morgan fingerprint density at radius 3 is 2.53 bits per heavy atom. The van der Waals surface area contributed by atoms with Crippen molar-refractivity contribution < 1.29 is 18.0 Å². The van der Waals surface area contributed by atoms with Crippen LogP contribution >= 0.6 is 0 Å². The number of rotatable bonds is 5. The van der Waals surface area contributed by atoms with Crippen LogP contribution in [0.4, 0.5) is 0 Å². The molecule has 1 N–H and O–H groups in total. The van der Waals surface area contributed by atoms with E-state index < -0.39 is 16.1 Å². The fourth-order valence-electron chi connectivity index (χ4n) is 2.05. The van der Waals surface area contributed by atoms with Gasteiger partial charge in [-0.25, -0.2) is 12.7 Å². The first-order valence-corrected chi connectivity index (χ1v) is 7.81. The molecule has 1 rings (SSSR count). The van der Waals surface area contributed by atoms with E-state index in [0.29, 0.717) is 13.0 Å². The highest BCUT2D eigenvalue weighted by atomic mass is 32.2. The molecule has 0 bridgehead atoms. The third-order valence-corrected chi connectivity index (χ3v) is 5.09. The number of nitrogens with zero attached hydrogens (tertiary/aromatic N) is 2. The van der Waals surface area contributed by atoms with E-state index in [0.717, 1.165) is 10.7 Å². The summed E-state index contributed by atoms with van der Waals surface area (Å²) in [5.74, 6) is -0.701. The number of likely N-dealkylation sites (tertiary alicyclic amines) is 1. The molecule has 7 nitrogen and oxygen atoms in total. The highest BCUT2D eigenvalue weighted by Crippen LogP contribution is 2.18. The average molecular weight is 291 g/mol. The van der Waals surface area contributed by atoms with E-state index in [1.165, 1.54) is 26.0 Å². The molecule has 8 heteroatoms. The zero-order chi connectivity index (χ0) is 14.6. The maximum Gasteiger partial charge on any atom is 0.242 e. The van der Waals surface area contributed by atoms with Crippen LogP contribution in [0.3, 0.4) is 0 Å². The van der Waals surface area contributed by atoms with Gasteiger partial charge in [0.05, 0.1) is 5.75 Å². The van der Waals surface area contributed by atoms with Crippen LogP contribution in [-0.2, 0) is 19.6 Å². The minimum absolute atomic E-state index is 0.0893. The molecule has 0 aromatic carbocycles. The van der Waals surface area contributed by atoms with Crippen LogP contribution in [0, 0.1) is 0 Å². The molecule has 0 spiro atoms. The third-order valence-electron chi connectivity index (χ3n) is 3.25. The zero-order valence-electron chi connectivity index (χ0n) is 11.5. The van der Waals surface area contributed by atoms with Gasteiger partial charge in [-0.05, 0) is 12.8 Å². The van der Waals surface area contributed by atoms with Gasteiger partial charge in [0.25, 0.3) is 0 Å². The second kappa shape index (κ2) is 6.33. The second-order valence-corrected chi connectivity index (χ2v) is 7.01. The summed E-state index contributed by atoms with van der Waals surface area (Å²) in [5.41, 5.74) is 0. The predicted molar refractivity (Wildman–Crippen MR) is 70.9 cm³/mol. The molecule has 1 atom stereocenters. The number of likely N-dealkylation sites (N-methyl/N-ethyl adjacent to an activating group) is 1. The molecule has 1 heterocycles. The van der Waals surface area contributed by atoms with Crippen LogP contribution in [0.2, 0.25) is 0 Å². The van der Waals surface area contributed by atoms with E-state index >= 15 is 0 Å². The standard InChI is InChI=1S/C11H21N3O4S/c1-12-11(16)9-5-4-7-14(9)10(15)6-8-19(17,18)13(2)3/h9H,4-8H2,1-3H3,(H,12,16). The average Bonchev–Trinajstić information content (AvgIpc) is 2.84. The highest BCUT2D eigenvalue weighted by molar-refractivity contribution is 7.89. The summed E-state index contributed by atoms with van der Waals surface area (Å²) < 4.78 is 24.3. The molecule has 2 amide bonds. The van der Waals surface area contributed by atoms with Crippen molar-refractivity contribution in [3.05, 3.63) is 0 Å². The zero-order valence-corrected chi connectivity index (χ0v) is 12.4. The highest BCUT2D eigenvalue weighted by Gasteiger charge is 2.33. The molecule has 110 valence electrons. The smallest absolute Gasteiger partial charge is 0.242 e. The van der Waals surface area contributed by atoms with Crippen molar-refractivity contribution in [3.63, 3.8) is 0 Å². The molecule has 0 radical (unpaired) electrons. The SMILES string of the molecule is CNC(=O)C1CCCN1C(=O)CCS(=O)(=O)N(C)C. The fraction of sp³-hybridized carbons (Fsp3) is 0.818. The summed E-state index contributed by atoms with van der Waals surface area (Å²) in [6.07, 6.45) is 1.31. The van der Waals surface area contributed by atoms with Gasteiger partial charge in [-0.2, -0.15) is 0 Å². The van der Waals surface area contributed by atoms with E-state index in [1.54, 1.807) is 0 Å². The van der Waals surface area contributed by atoms with E-state index in [9.17, 15) is 18.0 Å². The Labute approximate surface area is 114 Å². The maximum atomic E-state index is 12.0. The topological polar surface area (TPSA) is 86.8 Å². The summed E-state index contributed by atoms with van der Waals surface area (Å²) in [5, 5.41) is 2.52. The molecule has 0 aromatic rings. The fourth-order valence-corrected chi connectivity index (χ4v) is 2.84. The first-order valence-electron chi connectivity index (χ1n) is 6.21. The van der Waals surface area contributed by atoms with Crippen molar-refractivity contribution >= 4 is 21.8 Å². The van der Waals surface area contributed by atoms with Gasteiger partial charge in [-0.15, -0.1) is 0 Å². The van der Waals surface area contributed by atoms with Crippen molar-refractivity contribution in [1.29, 1.82) is 0 Å². The molecule has 0 aromatic heterocycles. The lowest BCUT2D eigenvalue weighted by atomic mass is 10.2. The molecule has 1 saturated heterocycles. The minimum Gasteiger partial charge on any atom is -0.357 e. The van der Waals surface area contributed by atoms with E-state index in [4.69, 9.17) is 0 Å². The second-order valence-electron chi connectivity index (χ2n) is 4.71. The van der Waals surface area contributed by atoms with Gasteiger partial charge in [0.15, 0.2) is 0 Å². The van der Waals surface area contributed by atoms with Gasteiger partial charge < -0.3 is 10.2 Å². The number of carbonyl (C=O) groups excluding carboxylic acids is 2. The number of hydrogen-bond donors (Lipinski definition) is 1. The number of nitrogens with one attached hydrogen (secondary N) is 1. The summed E-state index contributed by atoms with van der Waals surface area (Å²) in [6.45, 7) is 0.513. The van der Waals surface area contributed by atoms with Crippen molar-refractivity contribution in [3.8, 4) is 0 Å². The molecule has 1 fully saturated rings. The van der Waals surface area contributed by atoms with Crippen LogP contribution in [0.15, 0.2) is 0 Å².